The molecule has 144 valence electrons. The number of rotatable bonds is 7. The van der Waals surface area contributed by atoms with Gasteiger partial charge in [-0.2, -0.15) is 0 Å². The fourth-order valence-electron chi connectivity index (χ4n) is 3.83. The van der Waals surface area contributed by atoms with Crippen LogP contribution in [0.1, 0.15) is 30.1 Å². The van der Waals surface area contributed by atoms with Crippen LogP contribution >= 0.6 is 0 Å². The summed E-state index contributed by atoms with van der Waals surface area (Å²) in [7, 11) is 0. The molecule has 2 aromatic rings. The van der Waals surface area contributed by atoms with Gasteiger partial charge in [-0.15, -0.1) is 0 Å². The minimum absolute atomic E-state index is 0.00163. The molecule has 0 amide bonds. The monoisotopic (exact) mass is 370 g/mol. The van der Waals surface area contributed by atoms with Crippen molar-refractivity contribution < 1.29 is 24.6 Å². The quantitative estimate of drug-likeness (QED) is 0.781. The van der Waals surface area contributed by atoms with E-state index in [1.165, 1.54) is 11.1 Å². The highest BCUT2D eigenvalue weighted by atomic mass is 16.6. The van der Waals surface area contributed by atoms with Gasteiger partial charge in [0.05, 0.1) is 12.7 Å². The zero-order valence-corrected chi connectivity index (χ0v) is 15.5. The molecule has 0 radical (unpaired) electrons. The Morgan fingerprint density at radius 3 is 2.85 bits per heavy atom. The van der Waals surface area contributed by atoms with Crippen molar-refractivity contribution in [2.24, 2.45) is 0 Å². The molecule has 0 spiro atoms. The average Bonchev–Trinajstić information content (AvgIpc) is 2.72. The SMILES string of the molecule is O[C@@H](C[NH2+]C[C@@H]1COc2ccccc2O1)CO[C@H]1CCCc2ccccc21. The summed E-state index contributed by atoms with van der Waals surface area (Å²) in [5.41, 5.74) is 2.66. The first kappa shape index (κ1) is 18.3. The van der Waals surface area contributed by atoms with Crippen LogP contribution in [0.5, 0.6) is 11.5 Å². The number of para-hydroxylation sites is 2. The van der Waals surface area contributed by atoms with Gasteiger partial charge in [0, 0.05) is 0 Å². The molecule has 2 aliphatic rings. The predicted octanol–water partition coefficient (Wildman–Crippen LogP) is 1.84. The first-order valence-corrected chi connectivity index (χ1v) is 9.87. The molecule has 2 aromatic carbocycles. The Balaban J connectivity index is 1.18. The summed E-state index contributed by atoms with van der Waals surface area (Å²) in [6.45, 7) is 2.24. The summed E-state index contributed by atoms with van der Waals surface area (Å²) < 4.78 is 17.7. The average molecular weight is 370 g/mol. The molecule has 0 unspecified atom stereocenters. The van der Waals surface area contributed by atoms with Gasteiger partial charge >= 0.3 is 0 Å². The first-order chi connectivity index (χ1) is 13.3. The summed E-state index contributed by atoms with van der Waals surface area (Å²) in [6, 6.07) is 16.2. The van der Waals surface area contributed by atoms with Gasteiger partial charge in [0.25, 0.3) is 0 Å². The second-order valence-electron chi connectivity index (χ2n) is 7.32. The standard InChI is InChI=1S/C22H27NO4/c24-17(14-25-20-11-5-7-16-6-1-2-8-19(16)20)12-23-13-18-15-26-21-9-3-4-10-22(21)27-18/h1-4,6,8-10,17-18,20,23-24H,5,7,11-15H2/p+1/t17-,18+,20-/m0/s1. The number of aryl methyl sites for hydroxylation is 1. The highest BCUT2D eigenvalue weighted by molar-refractivity contribution is 5.40. The molecule has 5 nitrogen and oxygen atoms in total. The van der Waals surface area contributed by atoms with Crippen LogP contribution in [-0.2, 0) is 11.2 Å². The summed E-state index contributed by atoms with van der Waals surface area (Å²) in [5, 5.41) is 12.4. The Hall–Kier alpha value is -2.08. The van der Waals surface area contributed by atoms with E-state index in [-0.39, 0.29) is 12.2 Å². The molecule has 3 atom stereocenters. The van der Waals surface area contributed by atoms with Crippen molar-refractivity contribution in [2.75, 3.05) is 26.3 Å². The van der Waals surface area contributed by atoms with Crippen LogP contribution in [0, 0.1) is 0 Å². The lowest BCUT2D eigenvalue weighted by Crippen LogP contribution is -2.89. The highest BCUT2D eigenvalue weighted by Gasteiger charge is 2.24. The molecule has 0 aromatic heterocycles. The number of hydrogen-bond donors (Lipinski definition) is 2. The number of fused-ring (bicyclic) bond motifs is 2. The topological polar surface area (TPSA) is 64.5 Å². The Bertz CT molecular complexity index is 751. The molecule has 3 N–H and O–H groups in total. The van der Waals surface area contributed by atoms with Crippen LogP contribution in [0.25, 0.3) is 0 Å². The Morgan fingerprint density at radius 1 is 1.11 bits per heavy atom. The van der Waals surface area contributed by atoms with E-state index in [1.54, 1.807) is 0 Å². The van der Waals surface area contributed by atoms with Crippen molar-refractivity contribution >= 4 is 0 Å². The van der Waals surface area contributed by atoms with Crippen molar-refractivity contribution in [2.45, 2.75) is 37.6 Å². The molecule has 5 heteroatoms. The number of quaternary nitrogens is 1. The minimum Gasteiger partial charge on any atom is -0.486 e. The van der Waals surface area contributed by atoms with Gasteiger partial charge < -0.3 is 24.6 Å². The summed E-state index contributed by atoms with van der Waals surface area (Å²) in [4.78, 5) is 0. The fraction of sp³-hybridized carbons (Fsp3) is 0.455. The van der Waals surface area contributed by atoms with Gasteiger partial charge in [0.1, 0.15) is 25.8 Å². The summed E-state index contributed by atoms with van der Waals surface area (Å²) in [6.07, 6.45) is 2.91. The van der Waals surface area contributed by atoms with E-state index in [2.05, 4.69) is 29.6 Å². The predicted molar refractivity (Wildman–Crippen MR) is 102 cm³/mol. The molecular formula is C22H28NO4+. The minimum atomic E-state index is -0.490. The lowest BCUT2D eigenvalue weighted by molar-refractivity contribution is -0.666. The van der Waals surface area contributed by atoms with Gasteiger partial charge in [-0.1, -0.05) is 36.4 Å². The highest BCUT2D eigenvalue weighted by Crippen LogP contribution is 2.32. The normalized spacial score (nSPS) is 22.1. The van der Waals surface area contributed by atoms with Crippen LogP contribution < -0.4 is 14.8 Å². The molecular weight excluding hydrogens is 342 g/mol. The fourth-order valence-corrected chi connectivity index (χ4v) is 3.83. The second kappa shape index (κ2) is 8.74. The van der Waals surface area contributed by atoms with Crippen molar-refractivity contribution in [1.29, 1.82) is 0 Å². The molecule has 0 fully saturated rings. The van der Waals surface area contributed by atoms with Crippen LogP contribution in [0.2, 0.25) is 0 Å². The van der Waals surface area contributed by atoms with E-state index in [0.717, 1.165) is 37.3 Å². The zero-order valence-electron chi connectivity index (χ0n) is 15.5. The van der Waals surface area contributed by atoms with Crippen LogP contribution in [-0.4, -0.2) is 43.6 Å². The smallest absolute Gasteiger partial charge is 0.181 e. The maximum atomic E-state index is 10.3. The van der Waals surface area contributed by atoms with Gasteiger partial charge in [-0.25, -0.2) is 0 Å². The molecule has 4 rings (SSSR count). The van der Waals surface area contributed by atoms with Crippen molar-refractivity contribution in [1.82, 2.24) is 0 Å². The second-order valence-corrected chi connectivity index (χ2v) is 7.32. The third-order valence-corrected chi connectivity index (χ3v) is 5.24. The third-order valence-electron chi connectivity index (χ3n) is 5.24. The molecule has 0 bridgehead atoms. The number of nitrogens with two attached hydrogens (primary N) is 1. The summed E-state index contributed by atoms with van der Waals surface area (Å²) >= 11 is 0. The Kier molecular flexibility index (Phi) is 5.92. The van der Waals surface area contributed by atoms with Crippen LogP contribution in [0.15, 0.2) is 48.5 Å². The number of benzene rings is 2. The lowest BCUT2D eigenvalue weighted by atomic mass is 9.89. The van der Waals surface area contributed by atoms with Crippen LogP contribution in [0.4, 0.5) is 0 Å². The van der Waals surface area contributed by atoms with Crippen molar-refractivity contribution in [3.8, 4) is 11.5 Å². The third kappa shape index (κ3) is 4.61. The van der Waals surface area contributed by atoms with E-state index in [1.807, 2.05) is 24.3 Å². The maximum Gasteiger partial charge on any atom is 0.181 e. The van der Waals surface area contributed by atoms with Gasteiger partial charge in [-0.05, 0) is 42.5 Å². The molecule has 0 saturated heterocycles. The van der Waals surface area contributed by atoms with Crippen LogP contribution in [0.3, 0.4) is 0 Å². The number of aliphatic hydroxyl groups is 1. The van der Waals surface area contributed by atoms with E-state index in [9.17, 15) is 5.11 Å². The zero-order chi connectivity index (χ0) is 18.5. The van der Waals surface area contributed by atoms with Gasteiger partial charge in [0.15, 0.2) is 17.6 Å². The maximum absolute atomic E-state index is 10.3. The van der Waals surface area contributed by atoms with Gasteiger partial charge in [-0.3, -0.25) is 0 Å². The molecule has 1 heterocycles. The molecule has 27 heavy (non-hydrogen) atoms. The van der Waals surface area contributed by atoms with E-state index in [0.29, 0.717) is 19.8 Å². The number of aliphatic hydroxyl groups excluding tert-OH is 1. The number of hydrogen-bond acceptors (Lipinski definition) is 4. The Morgan fingerprint density at radius 2 is 1.93 bits per heavy atom. The largest absolute Gasteiger partial charge is 0.486 e. The Labute approximate surface area is 160 Å². The first-order valence-electron chi connectivity index (χ1n) is 9.87. The molecule has 0 saturated carbocycles. The van der Waals surface area contributed by atoms with Crippen molar-refractivity contribution in [3.63, 3.8) is 0 Å². The van der Waals surface area contributed by atoms with E-state index < -0.39 is 6.10 Å². The van der Waals surface area contributed by atoms with E-state index >= 15 is 0 Å². The van der Waals surface area contributed by atoms with Gasteiger partial charge in [0.2, 0.25) is 0 Å². The molecule has 1 aliphatic heterocycles. The van der Waals surface area contributed by atoms with Crippen molar-refractivity contribution in [3.05, 3.63) is 59.7 Å². The summed E-state index contributed by atoms with van der Waals surface area (Å²) in [5.74, 6) is 1.59. The lowest BCUT2D eigenvalue weighted by Gasteiger charge is -2.27. The number of ether oxygens (including phenoxy) is 3. The van der Waals surface area contributed by atoms with E-state index in [4.69, 9.17) is 14.2 Å². The molecule has 1 aliphatic carbocycles.